The van der Waals surface area contributed by atoms with Crippen LogP contribution in [0.15, 0.2) is 30.5 Å². The van der Waals surface area contributed by atoms with Gasteiger partial charge in [0.1, 0.15) is 17.3 Å². The van der Waals surface area contributed by atoms with E-state index in [1.807, 2.05) is 39.8 Å². The third-order valence-corrected chi connectivity index (χ3v) is 7.00. The summed E-state index contributed by atoms with van der Waals surface area (Å²) in [5, 5.41) is 11.3. The number of fused-ring (bicyclic) bond motifs is 1. The molecule has 1 aromatic carbocycles. The maximum Gasteiger partial charge on any atom is 0.291 e. The minimum atomic E-state index is -0.644. The standard InChI is InChI=1S/C27H31FN8O2/c1-15(2)19-12-21(18-8-7-16(3)20(28)11-18)33-36-13-22(30-24(19)36)25(37)35-10-9-34(14-27(35,5)6)26(38)23-29-17(4)31-32-23/h7-8,11-13,15H,9-10,14H2,1-6H3,(H,29,31,32). The zero-order chi connectivity index (χ0) is 27.4. The number of H-pyrrole nitrogens is 1. The van der Waals surface area contributed by atoms with Crippen LogP contribution in [-0.2, 0) is 0 Å². The summed E-state index contributed by atoms with van der Waals surface area (Å²) in [5.74, 6) is 0.0132. The van der Waals surface area contributed by atoms with E-state index in [9.17, 15) is 14.0 Å². The minimum absolute atomic E-state index is 0.102. The van der Waals surface area contributed by atoms with Gasteiger partial charge >= 0.3 is 0 Å². The van der Waals surface area contributed by atoms with Gasteiger partial charge in [0.15, 0.2) is 5.65 Å². The first-order valence-electron chi connectivity index (χ1n) is 12.6. The highest BCUT2D eigenvalue weighted by Gasteiger charge is 2.40. The number of piperazine rings is 1. The first-order valence-corrected chi connectivity index (χ1v) is 12.6. The molecule has 0 unspecified atom stereocenters. The van der Waals surface area contributed by atoms with E-state index < -0.39 is 5.54 Å². The molecule has 1 aliphatic rings. The number of aromatic amines is 1. The van der Waals surface area contributed by atoms with Crippen LogP contribution >= 0.6 is 0 Å². The second-order valence-corrected chi connectivity index (χ2v) is 10.7. The van der Waals surface area contributed by atoms with Crippen molar-refractivity contribution in [3.8, 4) is 11.3 Å². The number of halogens is 1. The molecule has 3 aromatic heterocycles. The molecular formula is C27H31FN8O2. The molecule has 38 heavy (non-hydrogen) atoms. The van der Waals surface area contributed by atoms with E-state index in [0.29, 0.717) is 47.9 Å². The predicted molar refractivity (Wildman–Crippen MR) is 139 cm³/mol. The number of nitrogens with one attached hydrogen (secondary N) is 1. The van der Waals surface area contributed by atoms with Crippen molar-refractivity contribution in [2.45, 2.75) is 53.0 Å². The van der Waals surface area contributed by atoms with Gasteiger partial charge < -0.3 is 9.80 Å². The molecule has 10 nitrogen and oxygen atoms in total. The number of hydrogen-bond donors (Lipinski definition) is 1. The summed E-state index contributed by atoms with van der Waals surface area (Å²) in [4.78, 5) is 38.8. The van der Waals surface area contributed by atoms with Gasteiger partial charge in [0.05, 0.1) is 17.4 Å². The van der Waals surface area contributed by atoms with E-state index in [-0.39, 0.29) is 35.1 Å². The number of aromatic nitrogens is 6. The quantitative estimate of drug-likeness (QED) is 0.440. The van der Waals surface area contributed by atoms with E-state index in [1.165, 1.54) is 6.07 Å². The Kier molecular flexibility index (Phi) is 6.24. The number of hydrogen-bond acceptors (Lipinski definition) is 6. The van der Waals surface area contributed by atoms with Crippen molar-refractivity contribution in [1.82, 2.24) is 39.6 Å². The first-order chi connectivity index (χ1) is 17.9. The Hall–Kier alpha value is -4.15. The number of carbonyl (C=O) groups is 2. The van der Waals surface area contributed by atoms with Gasteiger partial charge in [-0.2, -0.15) is 10.2 Å². The highest BCUT2D eigenvalue weighted by atomic mass is 19.1. The van der Waals surface area contributed by atoms with Crippen molar-refractivity contribution >= 4 is 17.5 Å². The molecule has 2 amide bonds. The molecule has 4 aromatic rings. The van der Waals surface area contributed by atoms with Crippen LogP contribution in [0.1, 0.15) is 71.7 Å². The SMILES string of the molecule is Cc1n[nH]c(C(=O)N2CCN(C(=O)c3cn4nc(-c5ccc(C)c(F)c5)cc(C(C)C)c4n3)C(C)(C)C2)n1. The Balaban J connectivity index is 1.44. The smallest absolute Gasteiger partial charge is 0.291 e. The predicted octanol–water partition coefficient (Wildman–Crippen LogP) is 3.77. The van der Waals surface area contributed by atoms with Crippen LogP contribution in [0.2, 0.25) is 0 Å². The fraction of sp³-hybridized carbons (Fsp3) is 0.407. The van der Waals surface area contributed by atoms with Crippen molar-refractivity contribution in [1.29, 1.82) is 0 Å². The van der Waals surface area contributed by atoms with Gasteiger partial charge in [-0.05, 0) is 51.3 Å². The van der Waals surface area contributed by atoms with Crippen LogP contribution in [0.25, 0.3) is 16.9 Å². The molecule has 0 bridgehead atoms. The van der Waals surface area contributed by atoms with Crippen LogP contribution in [0, 0.1) is 19.7 Å². The van der Waals surface area contributed by atoms with Crippen molar-refractivity contribution in [3.05, 3.63) is 64.7 Å². The molecule has 11 heteroatoms. The van der Waals surface area contributed by atoms with E-state index >= 15 is 0 Å². The molecule has 1 fully saturated rings. The Morgan fingerprint density at radius 2 is 1.84 bits per heavy atom. The fourth-order valence-corrected chi connectivity index (χ4v) is 4.86. The minimum Gasteiger partial charge on any atom is -0.332 e. The molecule has 1 aliphatic heterocycles. The topological polar surface area (TPSA) is 112 Å². The summed E-state index contributed by atoms with van der Waals surface area (Å²) >= 11 is 0. The van der Waals surface area contributed by atoms with Crippen molar-refractivity contribution in [2.24, 2.45) is 0 Å². The average molecular weight is 519 g/mol. The van der Waals surface area contributed by atoms with Gasteiger partial charge in [-0.15, -0.1) is 0 Å². The largest absolute Gasteiger partial charge is 0.332 e. The van der Waals surface area contributed by atoms with Gasteiger partial charge in [-0.25, -0.2) is 18.9 Å². The summed E-state index contributed by atoms with van der Waals surface area (Å²) in [7, 11) is 0. The van der Waals surface area contributed by atoms with Crippen LogP contribution < -0.4 is 0 Å². The van der Waals surface area contributed by atoms with Crippen LogP contribution in [-0.4, -0.2) is 76.6 Å². The van der Waals surface area contributed by atoms with Crippen molar-refractivity contribution < 1.29 is 14.0 Å². The number of aryl methyl sites for hydroxylation is 2. The van der Waals surface area contributed by atoms with Crippen molar-refractivity contribution in [2.75, 3.05) is 19.6 Å². The highest BCUT2D eigenvalue weighted by Crippen LogP contribution is 2.28. The van der Waals surface area contributed by atoms with Gasteiger partial charge in [-0.1, -0.05) is 26.0 Å². The molecule has 0 saturated carbocycles. The van der Waals surface area contributed by atoms with Gasteiger partial charge in [-0.3, -0.25) is 14.7 Å². The van der Waals surface area contributed by atoms with Gasteiger partial charge in [0.2, 0.25) is 5.82 Å². The number of rotatable bonds is 4. The molecular weight excluding hydrogens is 487 g/mol. The Morgan fingerprint density at radius 3 is 2.47 bits per heavy atom. The van der Waals surface area contributed by atoms with E-state index in [4.69, 9.17) is 0 Å². The second-order valence-electron chi connectivity index (χ2n) is 10.7. The lowest BCUT2D eigenvalue weighted by Crippen LogP contribution is -2.62. The fourth-order valence-electron chi connectivity index (χ4n) is 4.86. The molecule has 198 valence electrons. The van der Waals surface area contributed by atoms with E-state index in [1.54, 1.807) is 40.4 Å². The summed E-state index contributed by atoms with van der Waals surface area (Å²) in [6.45, 7) is 12.4. The van der Waals surface area contributed by atoms with Crippen molar-refractivity contribution in [3.63, 3.8) is 0 Å². The number of amides is 2. The summed E-state index contributed by atoms with van der Waals surface area (Å²) in [6, 6.07) is 6.94. The lowest BCUT2D eigenvalue weighted by Gasteiger charge is -2.46. The molecule has 0 atom stereocenters. The Labute approximate surface area is 219 Å². The Morgan fingerprint density at radius 1 is 1.08 bits per heavy atom. The molecule has 5 rings (SSSR count). The number of nitrogens with zero attached hydrogens (tertiary/aromatic N) is 7. The number of imidazole rings is 1. The number of carbonyl (C=O) groups excluding carboxylic acids is 2. The third kappa shape index (κ3) is 4.52. The summed E-state index contributed by atoms with van der Waals surface area (Å²) in [5.41, 5.74) is 2.95. The third-order valence-electron chi connectivity index (χ3n) is 7.00. The van der Waals surface area contributed by atoms with Gasteiger partial charge in [0.25, 0.3) is 11.8 Å². The molecule has 1 N–H and O–H groups in total. The number of benzene rings is 1. The molecule has 4 heterocycles. The Bertz CT molecular complexity index is 1550. The van der Waals surface area contributed by atoms with Gasteiger partial charge in [0, 0.05) is 30.8 Å². The molecule has 1 saturated heterocycles. The van der Waals surface area contributed by atoms with Crippen LogP contribution in [0.3, 0.4) is 0 Å². The normalized spacial score (nSPS) is 15.5. The van der Waals surface area contributed by atoms with E-state index in [0.717, 1.165) is 5.56 Å². The highest BCUT2D eigenvalue weighted by molar-refractivity contribution is 5.94. The van der Waals surface area contributed by atoms with Crippen LogP contribution in [0.5, 0.6) is 0 Å². The monoisotopic (exact) mass is 518 g/mol. The maximum atomic E-state index is 14.3. The molecule has 0 aliphatic carbocycles. The van der Waals surface area contributed by atoms with Crippen LogP contribution in [0.4, 0.5) is 4.39 Å². The lowest BCUT2D eigenvalue weighted by atomic mass is 9.98. The second kappa shape index (κ2) is 9.30. The van der Waals surface area contributed by atoms with E-state index in [2.05, 4.69) is 25.3 Å². The maximum absolute atomic E-state index is 14.3. The molecule has 0 spiro atoms. The first kappa shape index (κ1) is 25.5. The zero-order valence-corrected chi connectivity index (χ0v) is 22.4. The molecule has 0 radical (unpaired) electrons. The lowest BCUT2D eigenvalue weighted by molar-refractivity contribution is 0.0160. The summed E-state index contributed by atoms with van der Waals surface area (Å²) in [6.07, 6.45) is 1.63. The average Bonchev–Trinajstić information content (AvgIpc) is 3.49. The summed E-state index contributed by atoms with van der Waals surface area (Å²) < 4.78 is 15.9. The zero-order valence-electron chi connectivity index (χ0n) is 22.4.